The van der Waals surface area contributed by atoms with Gasteiger partial charge in [-0.15, -0.1) is 0 Å². The van der Waals surface area contributed by atoms with Crippen molar-refractivity contribution in [2.24, 2.45) is 11.8 Å². The third kappa shape index (κ3) is 11.6. The first-order chi connectivity index (χ1) is 12.2. The highest BCUT2D eigenvalue weighted by molar-refractivity contribution is 4.77. The summed E-state index contributed by atoms with van der Waals surface area (Å²) < 4.78 is 12.4. The fourth-order valence-electron chi connectivity index (χ4n) is 3.23. The maximum absolute atomic E-state index is 6.19. The molecule has 2 nitrogen and oxygen atoms in total. The Morgan fingerprint density at radius 2 is 0.923 bits per heavy atom. The topological polar surface area (TPSA) is 18.5 Å². The maximum atomic E-state index is 6.19. The van der Waals surface area contributed by atoms with Crippen LogP contribution in [0.15, 0.2) is 0 Å². The molecule has 2 atom stereocenters. The van der Waals surface area contributed by atoms with Gasteiger partial charge in [-0.25, -0.2) is 0 Å². The van der Waals surface area contributed by atoms with Gasteiger partial charge in [0, 0.05) is 13.2 Å². The molecule has 0 aromatic carbocycles. The van der Waals surface area contributed by atoms with Crippen molar-refractivity contribution in [3.63, 3.8) is 0 Å². The number of rotatable bonds is 17. The van der Waals surface area contributed by atoms with Gasteiger partial charge < -0.3 is 9.47 Å². The number of unbranched alkanes of at least 4 members (excludes halogenated alkanes) is 5. The molecule has 0 saturated heterocycles. The SMILES string of the molecule is CCCCC(C)C(C)(C)OCCCCCCOC(C)(C)C(C)CCCC. The molecule has 0 fully saturated rings. The van der Waals surface area contributed by atoms with E-state index in [1.54, 1.807) is 0 Å². The molecule has 0 saturated carbocycles. The molecule has 0 aromatic heterocycles. The molecule has 0 N–H and O–H groups in total. The maximum Gasteiger partial charge on any atom is 0.0651 e. The van der Waals surface area contributed by atoms with E-state index in [0.29, 0.717) is 11.8 Å². The van der Waals surface area contributed by atoms with Gasteiger partial charge in [0.05, 0.1) is 11.2 Å². The second-order valence-corrected chi connectivity index (χ2v) is 9.40. The Kier molecular flexibility index (Phi) is 14.0. The van der Waals surface area contributed by atoms with Crippen molar-refractivity contribution >= 4 is 0 Å². The summed E-state index contributed by atoms with van der Waals surface area (Å²) in [6.45, 7) is 20.0. The standard InChI is InChI=1S/C24H50O2/c1-9-11-17-21(3)23(5,6)25-19-15-13-14-16-20-26-24(7,8)22(4)18-12-10-2/h21-22H,9-20H2,1-8H3. The van der Waals surface area contributed by atoms with E-state index in [1.165, 1.54) is 64.2 Å². The highest BCUT2D eigenvalue weighted by atomic mass is 16.5. The van der Waals surface area contributed by atoms with E-state index in [4.69, 9.17) is 9.47 Å². The average Bonchev–Trinajstić information content (AvgIpc) is 2.59. The van der Waals surface area contributed by atoms with E-state index in [2.05, 4.69) is 55.4 Å². The molecule has 0 bridgehead atoms. The van der Waals surface area contributed by atoms with Crippen LogP contribution in [0.5, 0.6) is 0 Å². The Morgan fingerprint density at radius 1 is 0.577 bits per heavy atom. The highest BCUT2D eigenvalue weighted by Gasteiger charge is 2.26. The lowest BCUT2D eigenvalue weighted by Crippen LogP contribution is -2.33. The van der Waals surface area contributed by atoms with Crippen LogP contribution in [0.2, 0.25) is 0 Å². The van der Waals surface area contributed by atoms with Crippen LogP contribution in [-0.2, 0) is 9.47 Å². The Morgan fingerprint density at radius 3 is 1.23 bits per heavy atom. The van der Waals surface area contributed by atoms with Crippen LogP contribution in [0.1, 0.15) is 120 Å². The van der Waals surface area contributed by atoms with Crippen LogP contribution < -0.4 is 0 Å². The van der Waals surface area contributed by atoms with Crippen molar-refractivity contribution in [1.82, 2.24) is 0 Å². The highest BCUT2D eigenvalue weighted by Crippen LogP contribution is 2.27. The van der Waals surface area contributed by atoms with Gasteiger partial charge in [0.15, 0.2) is 0 Å². The average molecular weight is 371 g/mol. The zero-order valence-electron chi connectivity index (χ0n) is 19.5. The lowest BCUT2D eigenvalue weighted by atomic mass is 9.88. The van der Waals surface area contributed by atoms with Crippen molar-refractivity contribution in [2.75, 3.05) is 13.2 Å². The summed E-state index contributed by atoms with van der Waals surface area (Å²) in [6, 6.07) is 0. The molecule has 2 heteroatoms. The van der Waals surface area contributed by atoms with Crippen LogP contribution in [0, 0.1) is 11.8 Å². The van der Waals surface area contributed by atoms with Crippen molar-refractivity contribution in [2.45, 2.75) is 131 Å². The molecule has 2 unspecified atom stereocenters. The molecular weight excluding hydrogens is 320 g/mol. The molecule has 158 valence electrons. The van der Waals surface area contributed by atoms with Gasteiger partial charge in [-0.2, -0.15) is 0 Å². The van der Waals surface area contributed by atoms with Crippen LogP contribution >= 0.6 is 0 Å². The number of hydrogen-bond donors (Lipinski definition) is 0. The molecule has 0 aliphatic rings. The molecule has 0 radical (unpaired) electrons. The fourth-order valence-corrected chi connectivity index (χ4v) is 3.23. The molecular formula is C24H50O2. The summed E-state index contributed by atoms with van der Waals surface area (Å²) in [7, 11) is 0. The largest absolute Gasteiger partial charge is 0.375 e. The number of ether oxygens (including phenoxy) is 2. The summed E-state index contributed by atoms with van der Waals surface area (Å²) in [5.41, 5.74) is 0.0217. The summed E-state index contributed by atoms with van der Waals surface area (Å²) in [5, 5.41) is 0. The summed E-state index contributed by atoms with van der Waals surface area (Å²) in [6.07, 6.45) is 12.5. The van der Waals surface area contributed by atoms with Crippen molar-refractivity contribution in [3.05, 3.63) is 0 Å². The number of hydrogen-bond acceptors (Lipinski definition) is 2. The third-order valence-electron chi connectivity index (χ3n) is 6.34. The van der Waals surface area contributed by atoms with Crippen LogP contribution in [-0.4, -0.2) is 24.4 Å². The van der Waals surface area contributed by atoms with Crippen LogP contribution in [0.25, 0.3) is 0 Å². The molecule has 0 aromatic rings. The molecule has 0 heterocycles. The molecule has 0 amide bonds. The van der Waals surface area contributed by atoms with Gasteiger partial charge in [0.2, 0.25) is 0 Å². The zero-order valence-corrected chi connectivity index (χ0v) is 19.5. The quantitative estimate of drug-likeness (QED) is 0.243. The third-order valence-corrected chi connectivity index (χ3v) is 6.34. The predicted octanol–water partition coefficient (Wildman–Crippen LogP) is 7.79. The van der Waals surface area contributed by atoms with Gasteiger partial charge >= 0.3 is 0 Å². The molecule has 0 aliphatic heterocycles. The van der Waals surface area contributed by atoms with Crippen LogP contribution in [0.3, 0.4) is 0 Å². The predicted molar refractivity (Wildman–Crippen MR) is 116 cm³/mol. The molecule has 0 aliphatic carbocycles. The van der Waals surface area contributed by atoms with Gasteiger partial charge in [-0.1, -0.05) is 66.2 Å². The first-order valence-electron chi connectivity index (χ1n) is 11.4. The second-order valence-electron chi connectivity index (χ2n) is 9.40. The van der Waals surface area contributed by atoms with E-state index >= 15 is 0 Å². The van der Waals surface area contributed by atoms with Gasteiger partial charge in [0.1, 0.15) is 0 Å². The van der Waals surface area contributed by atoms with Crippen LogP contribution in [0.4, 0.5) is 0 Å². The summed E-state index contributed by atoms with van der Waals surface area (Å²) >= 11 is 0. The minimum Gasteiger partial charge on any atom is -0.375 e. The van der Waals surface area contributed by atoms with E-state index in [0.717, 1.165) is 13.2 Å². The Balaban J connectivity index is 3.75. The smallest absolute Gasteiger partial charge is 0.0651 e. The summed E-state index contributed by atoms with van der Waals surface area (Å²) in [5.74, 6) is 1.26. The van der Waals surface area contributed by atoms with Gasteiger partial charge in [-0.3, -0.25) is 0 Å². The molecule has 26 heavy (non-hydrogen) atoms. The van der Waals surface area contributed by atoms with Crippen molar-refractivity contribution < 1.29 is 9.47 Å². The van der Waals surface area contributed by atoms with Gasteiger partial charge in [0.25, 0.3) is 0 Å². The Labute approximate surface area is 165 Å². The molecule has 0 rings (SSSR count). The fraction of sp³-hybridized carbons (Fsp3) is 1.00. The Hall–Kier alpha value is -0.0800. The first kappa shape index (κ1) is 25.9. The second kappa shape index (κ2) is 14.0. The van der Waals surface area contributed by atoms with E-state index in [9.17, 15) is 0 Å². The minimum absolute atomic E-state index is 0.0108. The van der Waals surface area contributed by atoms with Crippen molar-refractivity contribution in [3.8, 4) is 0 Å². The lowest BCUT2D eigenvalue weighted by Gasteiger charge is -2.32. The minimum atomic E-state index is 0.0108. The first-order valence-corrected chi connectivity index (χ1v) is 11.4. The normalized spacial score (nSPS) is 15.2. The van der Waals surface area contributed by atoms with E-state index < -0.39 is 0 Å². The van der Waals surface area contributed by atoms with E-state index in [-0.39, 0.29) is 11.2 Å². The Bertz CT molecular complexity index is 290. The lowest BCUT2D eigenvalue weighted by molar-refractivity contribution is -0.0627. The van der Waals surface area contributed by atoms with Crippen molar-refractivity contribution in [1.29, 1.82) is 0 Å². The monoisotopic (exact) mass is 370 g/mol. The van der Waals surface area contributed by atoms with E-state index in [1.807, 2.05) is 0 Å². The van der Waals surface area contributed by atoms with Gasteiger partial charge in [-0.05, 0) is 65.2 Å². The zero-order chi connectivity index (χ0) is 20.1. The summed E-state index contributed by atoms with van der Waals surface area (Å²) in [4.78, 5) is 0. The molecule has 0 spiro atoms.